The van der Waals surface area contributed by atoms with Gasteiger partial charge in [-0.3, -0.25) is 4.68 Å². The van der Waals surface area contributed by atoms with E-state index in [0.29, 0.717) is 0 Å². The van der Waals surface area contributed by atoms with Crippen molar-refractivity contribution in [2.75, 3.05) is 20.6 Å². The molecular weight excluding hydrogens is 280 g/mol. The van der Waals surface area contributed by atoms with Gasteiger partial charge >= 0.3 is 0 Å². The van der Waals surface area contributed by atoms with Crippen molar-refractivity contribution in [3.8, 4) is 0 Å². The van der Waals surface area contributed by atoms with Crippen LogP contribution in [0, 0.1) is 6.92 Å². The van der Waals surface area contributed by atoms with Crippen molar-refractivity contribution >= 4 is 15.9 Å². The first-order valence-corrected chi connectivity index (χ1v) is 6.61. The Morgan fingerprint density at radius 3 is 2.41 bits per heavy atom. The van der Waals surface area contributed by atoms with Gasteiger partial charge in [0.25, 0.3) is 0 Å². The zero-order chi connectivity index (χ0) is 13.2. The maximum atomic E-state index is 4.38. The number of hydrogen-bond donors (Lipinski definition) is 1. The average Bonchev–Trinajstić information content (AvgIpc) is 2.44. The molecule has 0 unspecified atom stereocenters. The first kappa shape index (κ1) is 14.7. The summed E-state index contributed by atoms with van der Waals surface area (Å²) < 4.78 is 3.03. The van der Waals surface area contributed by atoms with Crippen LogP contribution in [-0.2, 0) is 13.6 Å². The molecule has 0 spiro atoms. The van der Waals surface area contributed by atoms with Crippen molar-refractivity contribution < 1.29 is 0 Å². The van der Waals surface area contributed by atoms with Gasteiger partial charge in [0, 0.05) is 25.7 Å². The van der Waals surface area contributed by atoms with Crippen LogP contribution in [0.5, 0.6) is 0 Å². The van der Waals surface area contributed by atoms with E-state index in [-0.39, 0.29) is 5.54 Å². The van der Waals surface area contributed by atoms with Gasteiger partial charge in [-0.05, 0) is 50.8 Å². The van der Waals surface area contributed by atoms with Gasteiger partial charge < -0.3 is 10.2 Å². The Balaban J connectivity index is 2.57. The lowest BCUT2D eigenvalue weighted by Crippen LogP contribution is -2.46. The van der Waals surface area contributed by atoms with Crippen LogP contribution in [-0.4, -0.2) is 40.9 Å². The first-order valence-electron chi connectivity index (χ1n) is 5.82. The van der Waals surface area contributed by atoms with Crippen LogP contribution in [0.3, 0.4) is 0 Å². The molecule has 0 aliphatic heterocycles. The maximum Gasteiger partial charge on any atom is 0.0739 e. The van der Waals surface area contributed by atoms with E-state index in [1.165, 1.54) is 5.69 Å². The largest absolute Gasteiger partial charge is 0.309 e. The third-order valence-electron chi connectivity index (χ3n) is 3.32. The highest BCUT2D eigenvalue weighted by Crippen LogP contribution is 2.20. The van der Waals surface area contributed by atoms with Crippen LogP contribution in [0.4, 0.5) is 0 Å². The Morgan fingerprint density at radius 1 is 1.41 bits per heavy atom. The van der Waals surface area contributed by atoms with E-state index in [0.717, 1.165) is 23.3 Å². The van der Waals surface area contributed by atoms with Gasteiger partial charge in [0.2, 0.25) is 0 Å². The minimum Gasteiger partial charge on any atom is -0.309 e. The third kappa shape index (κ3) is 3.53. The van der Waals surface area contributed by atoms with Crippen LogP contribution < -0.4 is 5.32 Å². The molecule has 0 atom stereocenters. The lowest BCUT2D eigenvalue weighted by molar-refractivity contribution is 0.189. The molecule has 0 aliphatic rings. The fraction of sp³-hybridized carbons (Fsp3) is 0.750. The third-order valence-corrected chi connectivity index (χ3v) is 4.35. The Kier molecular flexibility index (Phi) is 4.75. The predicted molar refractivity (Wildman–Crippen MR) is 75.1 cm³/mol. The van der Waals surface area contributed by atoms with E-state index >= 15 is 0 Å². The minimum absolute atomic E-state index is 0.153. The zero-order valence-corrected chi connectivity index (χ0v) is 13.2. The fourth-order valence-electron chi connectivity index (χ4n) is 1.52. The van der Waals surface area contributed by atoms with Gasteiger partial charge in [-0.15, -0.1) is 0 Å². The summed E-state index contributed by atoms with van der Waals surface area (Å²) in [5.74, 6) is 0. The van der Waals surface area contributed by atoms with Crippen LogP contribution >= 0.6 is 15.9 Å². The molecule has 5 heteroatoms. The monoisotopic (exact) mass is 302 g/mol. The number of nitrogens with zero attached hydrogens (tertiary/aromatic N) is 3. The van der Waals surface area contributed by atoms with Gasteiger partial charge in [0.05, 0.1) is 15.9 Å². The highest BCUT2D eigenvalue weighted by molar-refractivity contribution is 9.10. The summed E-state index contributed by atoms with van der Waals surface area (Å²) in [4.78, 5) is 2.23. The SMILES string of the molecule is Cc1nn(C)c(CNCC(C)(C)N(C)C)c1Br. The second-order valence-electron chi connectivity index (χ2n) is 5.28. The molecule has 0 fully saturated rings. The normalized spacial score (nSPS) is 12.5. The van der Waals surface area contributed by atoms with Crippen molar-refractivity contribution in [2.45, 2.75) is 32.9 Å². The maximum absolute atomic E-state index is 4.38. The molecule has 98 valence electrons. The molecule has 1 aromatic rings. The minimum atomic E-state index is 0.153. The molecule has 0 amide bonds. The number of nitrogens with one attached hydrogen (secondary N) is 1. The van der Waals surface area contributed by atoms with E-state index in [4.69, 9.17) is 0 Å². The summed E-state index contributed by atoms with van der Waals surface area (Å²) in [6.45, 7) is 8.23. The van der Waals surface area contributed by atoms with E-state index in [2.05, 4.69) is 59.2 Å². The molecule has 1 aromatic heterocycles. The summed E-state index contributed by atoms with van der Waals surface area (Å²) in [5.41, 5.74) is 2.38. The van der Waals surface area contributed by atoms with Crippen LogP contribution in [0.15, 0.2) is 4.47 Å². The van der Waals surface area contributed by atoms with E-state index < -0.39 is 0 Å². The quantitative estimate of drug-likeness (QED) is 0.902. The lowest BCUT2D eigenvalue weighted by Gasteiger charge is -2.32. The highest BCUT2D eigenvalue weighted by atomic mass is 79.9. The molecule has 1 heterocycles. The Morgan fingerprint density at radius 2 is 2.00 bits per heavy atom. The number of aryl methyl sites for hydroxylation is 2. The molecule has 0 radical (unpaired) electrons. The Bertz CT molecular complexity index is 382. The molecule has 1 rings (SSSR count). The van der Waals surface area contributed by atoms with Crippen molar-refractivity contribution in [1.82, 2.24) is 20.0 Å². The first-order chi connectivity index (χ1) is 7.75. The van der Waals surface area contributed by atoms with Crippen molar-refractivity contribution in [3.05, 3.63) is 15.9 Å². The van der Waals surface area contributed by atoms with Crippen molar-refractivity contribution in [3.63, 3.8) is 0 Å². The standard InChI is InChI=1S/C12H23BrN4/c1-9-11(13)10(17(6)15-9)7-14-8-12(2,3)16(4)5/h14H,7-8H2,1-6H3. The summed E-state index contributed by atoms with van der Waals surface area (Å²) >= 11 is 3.58. The Labute approximate surface area is 113 Å². The van der Waals surface area contributed by atoms with E-state index in [1.807, 2.05) is 18.7 Å². The molecule has 17 heavy (non-hydrogen) atoms. The lowest BCUT2D eigenvalue weighted by atomic mass is 10.0. The predicted octanol–water partition coefficient (Wildman–Crippen LogP) is 1.92. The van der Waals surface area contributed by atoms with Crippen molar-refractivity contribution in [2.24, 2.45) is 7.05 Å². The van der Waals surface area contributed by atoms with Crippen LogP contribution in [0.1, 0.15) is 25.2 Å². The fourth-order valence-corrected chi connectivity index (χ4v) is 1.99. The van der Waals surface area contributed by atoms with Crippen LogP contribution in [0.2, 0.25) is 0 Å². The summed E-state index contributed by atoms with van der Waals surface area (Å²) in [6, 6.07) is 0. The topological polar surface area (TPSA) is 33.1 Å². The van der Waals surface area contributed by atoms with Gasteiger partial charge in [-0.2, -0.15) is 5.10 Å². The molecule has 0 aromatic carbocycles. The molecule has 4 nitrogen and oxygen atoms in total. The second kappa shape index (κ2) is 5.50. The van der Waals surface area contributed by atoms with Crippen LogP contribution in [0.25, 0.3) is 0 Å². The average molecular weight is 303 g/mol. The van der Waals surface area contributed by atoms with Crippen molar-refractivity contribution in [1.29, 1.82) is 0 Å². The molecule has 0 saturated carbocycles. The number of halogens is 1. The van der Waals surface area contributed by atoms with E-state index in [9.17, 15) is 0 Å². The molecule has 0 saturated heterocycles. The zero-order valence-electron chi connectivity index (χ0n) is 11.6. The summed E-state index contributed by atoms with van der Waals surface area (Å²) in [7, 11) is 6.18. The highest BCUT2D eigenvalue weighted by Gasteiger charge is 2.20. The molecule has 1 N–H and O–H groups in total. The van der Waals surface area contributed by atoms with Gasteiger partial charge in [-0.25, -0.2) is 0 Å². The van der Waals surface area contributed by atoms with E-state index in [1.54, 1.807) is 0 Å². The smallest absolute Gasteiger partial charge is 0.0739 e. The number of likely N-dealkylation sites (N-methyl/N-ethyl adjacent to an activating group) is 1. The second-order valence-corrected chi connectivity index (χ2v) is 6.07. The van der Waals surface area contributed by atoms with Gasteiger partial charge in [-0.1, -0.05) is 0 Å². The molecular formula is C12H23BrN4. The van der Waals surface area contributed by atoms with Gasteiger partial charge in [0.15, 0.2) is 0 Å². The van der Waals surface area contributed by atoms with Gasteiger partial charge in [0.1, 0.15) is 0 Å². The summed E-state index contributed by atoms with van der Waals surface area (Å²) in [6.07, 6.45) is 0. The number of aromatic nitrogens is 2. The molecule has 0 aliphatic carbocycles. The summed E-state index contributed by atoms with van der Waals surface area (Å²) in [5, 5.41) is 7.87. The Hall–Kier alpha value is -0.390. The molecule has 0 bridgehead atoms. The number of hydrogen-bond acceptors (Lipinski definition) is 3. The number of rotatable bonds is 5.